The lowest BCUT2D eigenvalue weighted by atomic mass is 10.0. The summed E-state index contributed by atoms with van der Waals surface area (Å²) < 4.78 is 0. The first-order valence-electron chi connectivity index (χ1n) is 6.71. The van der Waals surface area contributed by atoms with Crippen molar-refractivity contribution in [1.82, 2.24) is 9.97 Å². The highest BCUT2D eigenvalue weighted by Crippen LogP contribution is 2.29. The second-order valence-electron chi connectivity index (χ2n) is 5.20. The van der Waals surface area contributed by atoms with Crippen LogP contribution in [-0.4, -0.2) is 9.97 Å². The first kappa shape index (κ1) is 13.1. The predicted octanol–water partition coefficient (Wildman–Crippen LogP) is 4.87. The molecule has 0 aliphatic rings. The Morgan fingerprint density at radius 2 is 1.85 bits per heavy atom. The van der Waals surface area contributed by atoms with Crippen LogP contribution in [0, 0.1) is 6.92 Å². The van der Waals surface area contributed by atoms with Gasteiger partial charge in [-0.3, -0.25) is 0 Å². The van der Waals surface area contributed by atoms with Crippen LogP contribution in [0.3, 0.4) is 0 Å². The molecule has 3 nitrogen and oxygen atoms in total. The Labute approximate surface area is 122 Å². The highest BCUT2D eigenvalue weighted by Gasteiger charge is 2.07. The maximum Gasteiger partial charge on any atom is 0.142 e. The van der Waals surface area contributed by atoms with Gasteiger partial charge >= 0.3 is 0 Å². The largest absolute Gasteiger partial charge is 0.340 e. The Bertz CT molecular complexity index is 729. The van der Waals surface area contributed by atoms with Gasteiger partial charge in [-0.25, -0.2) is 9.97 Å². The van der Waals surface area contributed by atoms with Crippen molar-refractivity contribution >= 4 is 33.1 Å². The highest BCUT2D eigenvalue weighted by molar-refractivity contribution is 7.18. The van der Waals surface area contributed by atoms with E-state index in [1.165, 1.54) is 10.4 Å². The Kier molecular flexibility index (Phi) is 3.40. The molecule has 0 amide bonds. The van der Waals surface area contributed by atoms with E-state index >= 15 is 0 Å². The molecule has 0 atom stereocenters. The molecule has 0 unspecified atom stereocenters. The van der Waals surface area contributed by atoms with Crippen molar-refractivity contribution in [3.8, 4) is 0 Å². The topological polar surface area (TPSA) is 37.8 Å². The molecule has 2 aromatic heterocycles. The average Bonchev–Trinajstić information content (AvgIpc) is 2.81. The molecule has 0 saturated heterocycles. The molecule has 0 bridgehead atoms. The minimum Gasteiger partial charge on any atom is -0.340 e. The number of aryl methyl sites for hydroxylation is 1. The summed E-state index contributed by atoms with van der Waals surface area (Å²) in [5, 5.41) is 4.47. The summed E-state index contributed by atoms with van der Waals surface area (Å²) in [7, 11) is 0. The SMILES string of the molecule is Cc1cc2c(Nc3ccc(C(C)C)cc3)ncnc2s1. The third-order valence-electron chi connectivity index (χ3n) is 3.29. The van der Waals surface area contributed by atoms with Gasteiger partial charge in [-0.05, 0) is 36.6 Å². The van der Waals surface area contributed by atoms with E-state index < -0.39 is 0 Å². The molecule has 20 heavy (non-hydrogen) atoms. The van der Waals surface area contributed by atoms with Gasteiger partial charge in [0.15, 0.2) is 0 Å². The Balaban J connectivity index is 1.92. The first-order valence-corrected chi connectivity index (χ1v) is 7.53. The molecule has 102 valence electrons. The van der Waals surface area contributed by atoms with E-state index in [9.17, 15) is 0 Å². The van der Waals surface area contributed by atoms with Crippen LogP contribution < -0.4 is 5.32 Å². The highest BCUT2D eigenvalue weighted by atomic mass is 32.1. The zero-order valence-corrected chi connectivity index (χ0v) is 12.7. The zero-order chi connectivity index (χ0) is 14.1. The molecule has 2 heterocycles. The van der Waals surface area contributed by atoms with Crippen LogP contribution in [0.25, 0.3) is 10.2 Å². The molecule has 0 saturated carbocycles. The van der Waals surface area contributed by atoms with Gasteiger partial charge in [0.2, 0.25) is 0 Å². The average molecular weight is 283 g/mol. The minimum atomic E-state index is 0.550. The van der Waals surface area contributed by atoms with Crippen molar-refractivity contribution in [2.75, 3.05) is 5.32 Å². The van der Waals surface area contributed by atoms with E-state index in [1.807, 2.05) is 0 Å². The van der Waals surface area contributed by atoms with Crippen molar-refractivity contribution < 1.29 is 0 Å². The second kappa shape index (κ2) is 5.21. The van der Waals surface area contributed by atoms with Gasteiger partial charge in [0.25, 0.3) is 0 Å². The van der Waals surface area contributed by atoms with Crippen LogP contribution in [0.4, 0.5) is 11.5 Å². The van der Waals surface area contributed by atoms with E-state index in [0.717, 1.165) is 21.7 Å². The maximum absolute atomic E-state index is 4.36. The quantitative estimate of drug-likeness (QED) is 0.745. The Morgan fingerprint density at radius 1 is 1.10 bits per heavy atom. The van der Waals surface area contributed by atoms with Crippen LogP contribution in [0.5, 0.6) is 0 Å². The summed E-state index contributed by atoms with van der Waals surface area (Å²) in [6.07, 6.45) is 1.61. The van der Waals surface area contributed by atoms with Gasteiger partial charge in [0, 0.05) is 10.6 Å². The van der Waals surface area contributed by atoms with E-state index in [2.05, 4.69) is 66.4 Å². The number of anilines is 2. The monoisotopic (exact) mass is 283 g/mol. The lowest BCUT2D eigenvalue weighted by molar-refractivity contribution is 0.867. The van der Waals surface area contributed by atoms with Gasteiger partial charge in [0.05, 0.1) is 5.39 Å². The number of nitrogens with one attached hydrogen (secondary N) is 1. The second-order valence-corrected chi connectivity index (χ2v) is 6.43. The number of rotatable bonds is 3. The number of aromatic nitrogens is 2. The molecule has 0 radical (unpaired) electrons. The number of thiophene rings is 1. The summed E-state index contributed by atoms with van der Waals surface area (Å²) in [5.74, 6) is 1.42. The van der Waals surface area contributed by atoms with E-state index in [0.29, 0.717) is 5.92 Å². The molecule has 4 heteroatoms. The number of hydrogen-bond acceptors (Lipinski definition) is 4. The first-order chi connectivity index (χ1) is 9.63. The molecule has 0 fully saturated rings. The van der Waals surface area contributed by atoms with Gasteiger partial charge in [-0.15, -0.1) is 11.3 Å². The van der Waals surface area contributed by atoms with Gasteiger partial charge in [-0.1, -0.05) is 26.0 Å². The van der Waals surface area contributed by atoms with Crippen molar-refractivity contribution in [3.63, 3.8) is 0 Å². The van der Waals surface area contributed by atoms with Gasteiger partial charge in [-0.2, -0.15) is 0 Å². The molecule has 0 aliphatic carbocycles. The predicted molar refractivity (Wildman–Crippen MR) is 86.0 cm³/mol. The molecule has 1 N–H and O–H groups in total. The minimum absolute atomic E-state index is 0.550. The fourth-order valence-electron chi connectivity index (χ4n) is 2.16. The Morgan fingerprint density at radius 3 is 2.55 bits per heavy atom. The van der Waals surface area contributed by atoms with Crippen molar-refractivity contribution in [2.24, 2.45) is 0 Å². The van der Waals surface area contributed by atoms with Crippen LogP contribution in [0.2, 0.25) is 0 Å². The summed E-state index contributed by atoms with van der Waals surface area (Å²) in [6, 6.07) is 10.6. The fourth-order valence-corrected chi connectivity index (χ4v) is 3.01. The molecule has 1 aromatic carbocycles. The normalized spacial score (nSPS) is 11.2. The lowest BCUT2D eigenvalue weighted by Crippen LogP contribution is -1.95. The van der Waals surface area contributed by atoms with E-state index in [-0.39, 0.29) is 0 Å². The summed E-state index contributed by atoms with van der Waals surface area (Å²) in [6.45, 7) is 6.49. The number of hydrogen-bond donors (Lipinski definition) is 1. The number of benzene rings is 1. The van der Waals surface area contributed by atoms with Crippen LogP contribution in [-0.2, 0) is 0 Å². The van der Waals surface area contributed by atoms with Crippen molar-refractivity contribution in [2.45, 2.75) is 26.7 Å². The fraction of sp³-hybridized carbons (Fsp3) is 0.250. The molecule has 0 spiro atoms. The summed E-state index contributed by atoms with van der Waals surface area (Å²) >= 11 is 1.69. The standard InChI is InChI=1S/C16H17N3S/c1-10(2)12-4-6-13(7-5-12)19-15-14-8-11(3)20-16(14)18-9-17-15/h4-10H,1-3H3,(H,17,18,19). The van der Waals surface area contributed by atoms with Crippen LogP contribution in [0.15, 0.2) is 36.7 Å². The van der Waals surface area contributed by atoms with Gasteiger partial charge in [0.1, 0.15) is 17.0 Å². The molecule has 3 aromatic rings. The summed E-state index contributed by atoms with van der Waals surface area (Å²) in [4.78, 5) is 10.9. The number of fused-ring (bicyclic) bond motifs is 1. The molecular formula is C16H17N3S. The van der Waals surface area contributed by atoms with Crippen LogP contribution >= 0.6 is 11.3 Å². The number of nitrogens with zero attached hydrogens (tertiary/aromatic N) is 2. The Hall–Kier alpha value is -1.94. The van der Waals surface area contributed by atoms with Crippen molar-refractivity contribution in [3.05, 3.63) is 47.1 Å². The lowest BCUT2D eigenvalue weighted by Gasteiger charge is -2.09. The van der Waals surface area contributed by atoms with Crippen LogP contribution in [0.1, 0.15) is 30.2 Å². The molecular weight excluding hydrogens is 266 g/mol. The van der Waals surface area contributed by atoms with E-state index in [4.69, 9.17) is 0 Å². The summed E-state index contributed by atoms with van der Waals surface area (Å²) in [5.41, 5.74) is 2.40. The van der Waals surface area contributed by atoms with Gasteiger partial charge < -0.3 is 5.32 Å². The third kappa shape index (κ3) is 2.51. The van der Waals surface area contributed by atoms with E-state index in [1.54, 1.807) is 17.7 Å². The molecule has 3 rings (SSSR count). The van der Waals surface area contributed by atoms with Crippen molar-refractivity contribution in [1.29, 1.82) is 0 Å². The third-order valence-corrected chi connectivity index (χ3v) is 4.25. The maximum atomic E-state index is 4.36. The smallest absolute Gasteiger partial charge is 0.142 e. The molecule has 0 aliphatic heterocycles. The zero-order valence-electron chi connectivity index (χ0n) is 11.8.